The van der Waals surface area contributed by atoms with Crippen LogP contribution in [0.15, 0.2) is 0 Å². The maximum Gasteiger partial charge on any atom is 0.0208 e. The molecule has 1 rings (SSSR count). The van der Waals surface area contributed by atoms with Crippen LogP contribution in [0.25, 0.3) is 0 Å². The molecule has 0 heteroatoms. The molecule has 0 bridgehead atoms. The fourth-order valence-electron chi connectivity index (χ4n) is 1.96. The lowest BCUT2D eigenvalue weighted by atomic mass is 9.96. The van der Waals surface area contributed by atoms with Crippen molar-refractivity contribution < 1.29 is 0 Å². The zero-order valence-electron chi connectivity index (χ0n) is 8.07. The molecule has 0 spiro atoms. The molecule has 0 radical (unpaired) electrons. The zero-order chi connectivity index (χ0) is 8.48. The van der Waals surface area contributed by atoms with Crippen LogP contribution in [0.4, 0.5) is 0 Å². The topological polar surface area (TPSA) is 0 Å². The van der Waals surface area contributed by atoms with E-state index in [-0.39, 0.29) is 0 Å². The van der Waals surface area contributed by atoms with Gasteiger partial charge in [0.15, 0.2) is 0 Å². The molecule has 0 nitrogen and oxygen atoms in total. The van der Waals surface area contributed by atoms with E-state index in [2.05, 4.69) is 32.6 Å². The fraction of sp³-hybridized carbons (Fsp3) is 0.818. The van der Waals surface area contributed by atoms with Crippen molar-refractivity contribution in [2.75, 3.05) is 0 Å². The maximum atomic E-state index is 3.25. The van der Waals surface area contributed by atoms with E-state index in [4.69, 9.17) is 0 Å². The van der Waals surface area contributed by atoms with Crippen LogP contribution >= 0.6 is 0 Å². The molecule has 0 N–H and O–H groups in total. The van der Waals surface area contributed by atoms with E-state index >= 15 is 0 Å². The normalized spacial score (nSPS) is 37.3. The summed E-state index contributed by atoms with van der Waals surface area (Å²) in [6, 6.07) is 0. The molecule has 62 valence electrons. The summed E-state index contributed by atoms with van der Waals surface area (Å²) in [6.07, 6.45) is 2.70. The summed E-state index contributed by atoms with van der Waals surface area (Å²) in [5.74, 6) is 7.74. The second kappa shape index (κ2) is 2.89. The summed E-state index contributed by atoms with van der Waals surface area (Å²) in [4.78, 5) is 0. The van der Waals surface area contributed by atoms with Crippen LogP contribution in [0.5, 0.6) is 0 Å². The Morgan fingerprint density at radius 1 is 1.64 bits per heavy atom. The minimum absolute atomic E-state index is 0.616. The predicted molar refractivity (Wildman–Crippen MR) is 49.1 cm³/mol. The van der Waals surface area contributed by atoms with Crippen LogP contribution in [0.2, 0.25) is 0 Å². The number of rotatable bonds is 2. The van der Waals surface area contributed by atoms with Crippen molar-refractivity contribution in [1.29, 1.82) is 0 Å². The van der Waals surface area contributed by atoms with E-state index in [0.29, 0.717) is 11.3 Å². The Bertz CT molecular complexity index is 194. The third-order valence-electron chi connectivity index (χ3n) is 3.20. The molecule has 1 aliphatic rings. The first-order valence-electron chi connectivity index (χ1n) is 4.56. The van der Waals surface area contributed by atoms with Crippen LogP contribution in [0.3, 0.4) is 0 Å². The molecular formula is C11H18. The smallest absolute Gasteiger partial charge is 0.0208 e. The number of hydrogen-bond donors (Lipinski definition) is 0. The molecule has 3 unspecified atom stereocenters. The Morgan fingerprint density at radius 2 is 2.27 bits per heavy atom. The molecule has 0 heterocycles. The highest BCUT2D eigenvalue weighted by Crippen LogP contribution is 2.58. The molecule has 11 heavy (non-hydrogen) atoms. The van der Waals surface area contributed by atoms with Gasteiger partial charge in [-0.2, -0.15) is 0 Å². The quantitative estimate of drug-likeness (QED) is 0.531. The predicted octanol–water partition coefficient (Wildman–Crippen LogP) is 3.08. The van der Waals surface area contributed by atoms with Gasteiger partial charge in [-0.1, -0.05) is 27.2 Å². The van der Waals surface area contributed by atoms with Gasteiger partial charge in [0.05, 0.1) is 0 Å². The first kappa shape index (κ1) is 8.65. The van der Waals surface area contributed by atoms with Gasteiger partial charge in [0.1, 0.15) is 0 Å². The molecule has 1 fully saturated rings. The van der Waals surface area contributed by atoms with Crippen molar-refractivity contribution in [3.63, 3.8) is 0 Å². The summed E-state index contributed by atoms with van der Waals surface area (Å²) in [5, 5.41) is 0. The van der Waals surface area contributed by atoms with Crippen molar-refractivity contribution in [2.45, 2.75) is 40.5 Å². The molecule has 1 aliphatic carbocycles. The van der Waals surface area contributed by atoms with Gasteiger partial charge in [0.2, 0.25) is 0 Å². The van der Waals surface area contributed by atoms with Crippen molar-refractivity contribution in [3.8, 4) is 11.8 Å². The van der Waals surface area contributed by atoms with Crippen molar-refractivity contribution in [1.82, 2.24) is 0 Å². The third kappa shape index (κ3) is 1.59. The molecule has 0 aromatic heterocycles. The second-order valence-corrected chi connectivity index (χ2v) is 4.00. The van der Waals surface area contributed by atoms with Gasteiger partial charge in [-0.15, -0.1) is 11.8 Å². The van der Waals surface area contributed by atoms with Crippen LogP contribution < -0.4 is 0 Å². The SMILES string of the molecule is CC#CC(C)C1CC1(C)CC. The number of hydrogen-bond acceptors (Lipinski definition) is 0. The lowest BCUT2D eigenvalue weighted by Crippen LogP contribution is -2.02. The van der Waals surface area contributed by atoms with Gasteiger partial charge in [0.25, 0.3) is 0 Å². The average molecular weight is 150 g/mol. The summed E-state index contributed by atoms with van der Waals surface area (Å²) in [6.45, 7) is 8.85. The average Bonchev–Trinajstić information content (AvgIpc) is 2.65. The highest BCUT2D eigenvalue weighted by molar-refractivity contribution is 5.11. The monoisotopic (exact) mass is 150 g/mol. The fourth-order valence-corrected chi connectivity index (χ4v) is 1.96. The first-order valence-corrected chi connectivity index (χ1v) is 4.56. The lowest BCUT2D eigenvalue weighted by molar-refractivity contribution is 0.441. The summed E-state index contributed by atoms with van der Waals surface area (Å²) < 4.78 is 0. The van der Waals surface area contributed by atoms with Gasteiger partial charge in [0, 0.05) is 5.92 Å². The van der Waals surface area contributed by atoms with Crippen LogP contribution in [0, 0.1) is 29.1 Å². The molecule has 0 amide bonds. The summed E-state index contributed by atoms with van der Waals surface area (Å²) in [5.41, 5.74) is 0.628. The Labute approximate surface area is 70.4 Å². The van der Waals surface area contributed by atoms with Crippen LogP contribution in [-0.2, 0) is 0 Å². The molecular weight excluding hydrogens is 132 g/mol. The zero-order valence-corrected chi connectivity index (χ0v) is 8.07. The molecule has 3 atom stereocenters. The van der Waals surface area contributed by atoms with Crippen LogP contribution in [0.1, 0.15) is 40.5 Å². The Balaban J connectivity index is 2.47. The summed E-state index contributed by atoms with van der Waals surface area (Å²) in [7, 11) is 0. The van der Waals surface area contributed by atoms with E-state index in [1.165, 1.54) is 12.8 Å². The van der Waals surface area contributed by atoms with Gasteiger partial charge < -0.3 is 0 Å². The molecule has 0 aromatic carbocycles. The van der Waals surface area contributed by atoms with Crippen molar-refractivity contribution in [2.24, 2.45) is 17.3 Å². The molecule has 1 saturated carbocycles. The van der Waals surface area contributed by atoms with E-state index in [1.807, 2.05) is 6.92 Å². The van der Waals surface area contributed by atoms with Crippen LogP contribution in [-0.4, -0.2) is 0 Å². The third-order valence-corrected chi connectivity index (χ3v) is 3.20. The standard InChI is InChI=1S/C11H18/c1-5-7-9(3)10-8-11(10,4)6-2/h9-10H,6,8H2,1-4H3. The molecule has 0 saturated heterocycles. The van der Waals surface area contributed by atoms with E-state index in [9.17, 15) is 0 Å². The van der Waals surface area contributed by atoms with Gasteiger partial charge in [-0.3, -0.25) is 0 Å². The summed E-state index contributed by atoms with van der Waals surface area (Å²) >= 11 is 0. The lowest BCUT2D eigenvalue weighted by Gasteiger charge is -2.08. The largest absolute Gasteiger partial charge is 0.106 e. The Kier molecular flexibility index (Phi) is 2.28. The minimum atomic E-state index is 0.616. The van der Waals surface area contributed by atoms with E-state index in [0.717, 1.165) is 5.92 Å². The van der Waals surface area contributed by atoms with Gasteiger partial charge >= 0.3 is 0 Å². The highest BCUT2D eigenvalue weighted by Gasteiger charge is 2.50. The Hall–Kier alpha value is -0.440. The Morgan fingerprint density at radius 3 is 2.64 bits per heavy atom. The highest BCUT2D eigenvalue weighted by atomic mass is 14.5. The first-order chi connectivity index (χ1) is 5.14. The van der Waals surface area contributed by atoms with Gasteiger partial charge in [-0.25, -0.2) is 0 Å². The van der Waals surface area contributed by atoms with E-state index < -0.39 is 0 Å². The van der Waals surface area contributed by atoms with Crippen molar-refractivity contribution >= 4 is 0 Å². The molecule has 0 aliphatic heterocycles. The molecule has 0 aromatic rings. The maximum absolute atomic E-state index is 3.25. The van der Waals surface area contributed by atoms with Crippen molar-refractivity contribution in [3.05, 3.63) is 0 Å². The van der Waals surface area contributed by atoms with Gasteiger partial charge in [-0.05, 0) is 24.7 Å². The van der Waals surface area contributed by atoms with E-state index in [1.54, 1.807) is 0 Å². The minimum Gasteiger partial charge on any atom is -0.106 e. The second-order valence-electron chi connectivity index (χ2n) is 4.00.